The van der Waals surface area contributed by atoms with Crippen molar-refractivity contribution in [3.63, 3.8) is 0 Å². The van der Waals surface area contributed by atoms with E-state index >= 15 is 0 Å². The van der Waals surface area contributed by atoms with Crippen molar-refractivity contribution in [1.82, 2.24) is 14.8 Å². The third-order valence-electron chi connectivity index (χ3n) is 3.22. The van der Waals surface area contributed by atoms with Gasteiger partial charge in [-0.3, -0.25) is 20.3 Å². The lowest BCUT2D eigenvalue weighted by atomic mass is 10.2. The Morgan fingerprint density at radius 3 is 2.52 bits per heavy atom. The fourth-order valence-corrected chi connectivity index (χ4v) is 3.12. The van der Waals surface area contributed by atoms with Crippen molar-refractivity contribution in [1.29, 1.82) is 0 Å². The van der Waals surface area contributed by atoms with Crippen molar-refractivity contribution in [3.05, 3.63) is 57.9 Å². The summed E-state index contributed by atoms with van der Waals surface area (Å²) >= 11 is 0. The number of carbonyl (C=O) groups excluding carboxylic acids is 1. The van der Waals surface area contributed by atoms with Gasteiger partial charge in [-0.25, -0.2) is 8.42 Å². The maximum atomic E-state index is 12.2. The molecule has 2 rings (SSSR count). The van der Waals surface area contributed by atoms with Crippen LogP contribution < -0.4 is 10.3 Å². The van der Waals surface area contributed by atoms with Gasteiger partial charge in [0.1, 0.15) is 5.69 Å². The van der Waals surface area contributed by atoms with Crippen LogP contribution in [0, 0.1) is 17.0 Å². The highest BCUT2D eigenvalue weighted by atomic mass is 32.2. The lowest BCUT2D eigenvalue weighted by Gasteiger charge is -2.10. The van der Waals surface area contributed by atoms with Crippen LogP contribution in [-0.2, 0) is 17.1 Å². The largest absolute Gasteiger partial charge is 0.347 e. The normalized spacial score (nSPS) is 11.2. The molecule has 1 aromatic heterocycles. The third-order valence-corrected chi connectivity index (χ3v) is 4.61. The summed E-state index contributed by atoms with van der Waals surface area (Å²) in [5.74, 6) is -0.649. The smallest absolute Gasteiger partial charge is 0.282 e. The number of benzene rings is 1. The fraction of sp³-hybridized carbons (Fsp3) is 0.154. The first-order valence-electron chi connectivity index (χ1n) is 6.41. The molecule has 0 saturated heterocycles. The number of nitro groups is 1. The van der Waals surface area contributed by atoms with Crippen molar-refractivity contribution < 1.29 is 18.1 Å². The summed E-state index contributed by atoms with van der Waals surface area (Å²) in [6, 6.07) is 6.84. The minimum atomic E-state index is -4.14. The zero-order chi connectivity index (χ0) is 17.2. The summed E-state index contributed by atoms with van der Waals surface area (Å²) in [5.41, 5.74) is 1.99. The van der Waals surface area contributed by atoms with Gasteiger partial charge in [0.05, 0.1) is 9.82 Å². The standard InChI is InChI=1S/C13H14N4O5S/c1-9-10(17(19)20)5-3-7-12(9)23(21,22)15-14-13(18)11-6-4-8-16(11)2/h3-8,15H,1-2H3,(H,14,18). The third kappa shape index (κ3) is 3.38. The number of amides is 1. The number of nitro benzene ring substituents is 1. The Balaban J connectivity index is 2.23. The molecule has 1 amide bonds. The van der Waals surface area contributed by atoms with Gasteiger partial charge in [0, 0.05) is 24.9 Å². The molecule has 2 aromatic rings. The molecule has 1 heterocycles. The first kappa shape index (κ1) is 16.6. The topological polar surface area (TPSA) is 123 Å². The van der Waals surface area contributed by atoms with Crippen LogP contribution in [0.5, 0.6) is 0 Å². The molecule has 10 heteroatoms. The molecule has 0 saturated carbocycles. The second-order valence-corrected chi connectivity index (χ2v) is 6.37. The summed E-state index contributed by atoms with van der Waals surface area (Å²) in [7, 11) is -2.51. The van der Waals surface area contributed by atoms with E-state index in [2.05, 4.69) is 5.43 Å². The van der Waals surface area contributed by atoms with Crippen molar-refractivity contribution in [2.24, 2.45) is 7.05 Å². The Bertz CT molecular complexity index is 872. The predicted molar refractivity (Wildman–Crippen MR) is 81.0 cm³/mol. The van der Waals surface area contributed by atoms with Crippen molar-refractivity contribution in [2.75, 3.05) is 0 Å². The molecule has 0 fully saturated rings. The summed E-state index contributed by atoms with van der Waals surface area (Å²) in [4.78, 5) is 23.8. The van der Waals surface area contributed by atoms with E-state index in [0.29, 0.717) is 0 Å². The average Bonchev–Trinajstić information content (AvgIpc) is 2.91. The van der Waals surface area contributed by atoms with E-state index in [1.807, 2.05) is 4.83 Å². The molecule has 0 atom stereocenters. The van der Waals surface area contributed by atoms with Crippen LogP contribution in [-0.4, -0.2) is 23.8 Å². The number of hydrazine groups is 1. The molecule has 0 radical (unpaired) electrons. The number of aromatic nitrogens is 1. The number of nitrogens with one attached hydrogen (secondary N) is 2. The number of nitrogens with zero attached hydrogens (tertiary/aromatic N) is 2. The molecule has 9 nitrogen and oxygen atoms in total. The summed E-state index contributed by atoms with van der Waals surface area (Å²) in [6.45, 7) is 1.33. The maximum absolute atomic E-state index is 12.2. The average molecular weight is 338 g/mol. The molecule has 0 bridgehead atoms. The van der Waals surface area contributed by atoms with Crippen LogP contribution in [0.4, 0.5) is 5.69 Å². The van der Waals surface area contributed by atoms with Gasteiger partial charge in [-0.05, 0) is 25.1 Å². The number of rotatable bonds is 5. The van der Waals surface area contributed by atoms with Crippen LogP contribution >= 0.6 is 0 Å². The SMILES string of the molecule is Cc1c([N+](=O)[O-])cccc1S(=O)(=O)NNC(=O)c1cccn1C. The van der Waals surface area contributed by atoms with Gasteiger partial charge >= 0.3 is 0 Å². The second kappa shape index (κ2) is 6.18. The minimum Gasteiger partial charge on any atom is -0.347 e. The van der Waals surface area contributed by atoms with Crippen molar-refractivity contribution >= 4 is 21.6 Å². The first-order valence-corrected chi connectivity index (χ1v) is 7.90. The van der Waals surface area contributed by atoms with E-state index < -0.39 is 20.9 Å². The van der Waals surface area contributed by atoms with Gasteiger partial charge < -0.3 is 4.57 Å². The first-order chi connectivity index (χ1) is 10.7. The Kier molecular flexibility index (Phi) is 4.48. The van der Waals surface area contributed by atoms with Gasteiger partial charge in [0.15, 0.2) is 0 Å². The monoisotopic (exact) mass is 338 g/mol. The number of hydrogen-bond donors (Lipinski definition) is 2. The van der Waals surface area contributed by atoms with Gasteiger partial charge in [0.25, 0.3) is 21.6 Å². The summed E-state index contributed by atoms with van der Waals surface area (Å²) in [6.07, 6.45) is 1.63. The lowest BCUT2D eigenvalue weighted by Crippen LogP contribution is -2.42. The zero-order valence-corrected chi connectivity index (χ0v) is 13.1. The van der Waals surface area contributed by atoms with Crippen LogP contribution in [0.25, 0.3) is 0 Å². The van der Waals surface area contributed by atoms with Crippen molar-refractivity contribution in [3.8, 4) is 0 Å². The van der Waals surface area contributed by atoms with Crippen LogP contribution in [0.1, 0.15) is 16.1 Å². The van der Waals surface area contributed by atoms with E-state index in [0.717, 1.165) is 0 Å². The number of sulfonamides is 1. The molecule has 0 unspecified atom stereocenters. The number of aryl methyl sites for hydroxylation is 1. The maximum Gasteiger partial charge on any atom is 0.282 e. The number of carbonyl (C=O) groups is 1. The highest BCUT2D eigenvalue weighted by Gasteiger charge is 2.23. The van der Waals surface area contributed by atoms with Crippen LogP contribution in [0.2, 0.25) is 0 Å². The quantitative estimate of drug-likeness (QED) is 0.618. The molecule has 1 aromatic carbocycles. The highest BCUT2D eigenvalue weighted by molar-refractivity contribution is 7.89. The summed E-state index contributed by atoms with van der Waals surface area (Å²) < 4.78 is 26.0. The van der Waals surface area contributed by atoms with E-state index in [-0.39, 0.29) is 21.8 Å². The van der Waals surface area contributed by atoms with Crippen LogP contribution in [0.3, 0.4) is 0 Å². The summed E-state index contributed by atoms with van der Waals surface area (Å²) in [5, 5.41) is 10.9. The molecule has 0 aliphatic rings. The Labute approximate surface area is 132 Å². The van der Waals surface area contributed by atoms with Gasteiger partial charge in [-0.1, -0.05) is 6.07 Å². The van der Waals surface area contributed by atoms with Crippen molar-refractivity contribution in [2.45, 2.75) is 11.8 Å². The molecule has 2 N–H and O–H groups in total. The molecular weight excluding hydrogens is 324 g/mol. The molecule has 0 aliphatic heterocycles. The van der Waals surface area contributed by atoms with E-state index in [9.17, 15) is 23.3 Å². The Morgan fingerprint density at radius 1 is 1.26 bits per heavy atom. The van der Waals surface area contributed by atoms with Gasteiger partial charge in [-0.2, -0.15) is 0 Å². The Hall–Kier alpha value is -2.72. The highest BCUT2D eigenvalue weighted by Crippen LogP contribution is 2.24. The predicted octanol–water partition coefficient (Wildman–Crippen LogP) is 0.865. The second-order valence-electron chi connectivity index (χ2n) is 4.72. The number of hydrogen-bond acceptors (Lipinski definition) is 5. The zero-order valence-electron chi connectivity index (χ0n) is 12.3. The lowest BCUT2D eigenvalue weighted by molar-refractivity contribution is -0.385. The molecule has 0 spiro atoms. The fourth-order valence-electron chi connectivity index (χ4n) is 2.02. The van der Waals surface area contributed by atoms with Gasteiger partial charge in [-0.15, -0.1) is 4.83 Å². The molecular formula is C13H14N4O5S. The van der Waals surface area contributed by atoms with Crippen LogP contribution in [0.15, 0.2) is 41.4 Å². The Morgan fingerprint density at radius 2 is 1.96 bits per heavy atom. The van der Waals surface area contributed by atoms with E-state index in [4.69, 9.17) is 0 Å². The molecule has 23 heavy (non-hydrogen) atoms. The van der Waals surface area contributed by atoms with E-state index in [1.165, 1.54) is 35.8 Å². The molecule has 0 aliphatic carbocycles. The van der Waals surface area contributed by atoms with Gasteiger partial charge in [0.2, 0.25) is 0 Å². The van der Waals surface area contributed by atoms with E-state index in [1.54, 1.807) is 19.3 Å². The molecule has 122 valence electrons. The minimum absolute atomic E-state index is 0.0156.